The lowest BCUT2D eigenvalue weighted by Crippen LogP contribution is -2.45. The first kappa shape index (κ1) is 85.0. The van der Waals surface area contributed by atoms with Gasteiger partial charge in [0.1, 0.15) is 29.5 Å². The van der Waals surface area contributed by atoms with Gasteiger partial charge in [-0.05, 0) is 121 Å². The number of aryl methyl sites for hydroxylation is 4. The summed E-state index contributed by atoms with van der Waals surface area (Å²) < 4.78 is 14.6. The normalized spacial score (nSPS) is 18.9. The van der Waals surface area contributed by atoms with E-state index in [2.05, 4.69) is 108 Å². The number of aromatic nitrogens is 9. The van der Waals surface area contributed by atoms with Crippen molar-refractivity contribution in [1.82, 2.24) is 59.4 Å². The molecule has 116 heavy (non-hydrogen) atoms. The fourth-order valence-electron chi connectivity index (χ4n) is 15.9. The Balaban J connectivity index is 0.000000161. The first-order valence-corrected chi connectivity index (χ1v) is 42.4. The van der Waals surface area contributed by atoms with Crippen molar-refractivity contribution < 1.29 is 53.3 Å². The number of amides is 3. The van der Waals surface area contributed by atoms with Gasteiger partial charge in [0.15, 0.2) is 23.1 Å². The molecule has 26 heteroatoms. The lowest BCUT2D eigenvalue weighted by atomic mass is 9.89. The average molecular weight is 1630 g/mol. The third-order valence-electron chi connectivity index (χ3n) is 22.1. The number of thiazole rings is 3. The minimum Gasteiger partial charge on any atom is -0.454 e. The molecule has 4 aromatic carbocycles. The van der Waals surface area contributed by atoms with Crippen molar-refractivity contribution >= 4 is 69.1 Å². The molecule has 0 bridgehead atoms. The standard InChI is InChI=1S/C32H36N4O4S.C31H35N5O3S.C27H33N3O4S/c1-20(2)30(36-18-27(16-34-36)40-26-8-6-5-7-9-26)32(39)35-17-25(37)15-28(35)29(38)14-21(3)23-10-12-24(13-11-23)31-22(4)33-19-41-31;1-19(2)29(36-16-24(15-34-36)26-7-5-6-12-32-26)31(39)35-17-25(37)14-27(35)28(38)13-20(3)22-8-10-23(11-9-22)30-21(4)33-18-40-30;1-15(2)25(24-11-17(4)29-34-24)27(33)30-13-21(31)12-22(30)23(32)10-16(3)19-6-8-20(9-7-19)26-18(5)28-14-35-26/h5-13,16,18-21,25,28,30,37H,14-15,17H2,1-4H3;5-12,15-16,18-20,25,27,29,37H,13-14,17H2,1-4H3;6-9,11,14-16,21-22,25,31H,10,12-13H2,1-5H3/t21-,25-,28+,30+;20-,25-,27+,29+;16-,21-,22+,25-/m111/s1. The van der Waals surface area contributed by atoms with Crippen LogP contribution >= 0.6 is 34.0 Å². The molecule has 10 heterocycles. The predicted molar refractivity (Wildman–Crippen MR) is 450 cm³/mol. The van der Waals surface area contributed by atoms with E-state index in [-0.39, 0.29) is 122 Å². The largest absolute Gasteiger partial charge is 0.454 e. The summed E-state index contributed by atoms with van der Waals surface area (Å²) in [5.41, 5.74) is 17.4. The number of hydrogen-bond acceptors (Lipinski definition) is 21. The minimum absolute atomic E-state index is 0.00776. The Labute approximate surface area is 689 Å². The maximum Gasteiger partial charge on any atom is 0.248 e. The van der Waals surface area contributed by atoms with Crippen LogP contribution in [0.4, 0.5) is 0 Å². The van der Waals surface area contributed by atoms with E-state index in [9.17, 15) is 44.1 Å². The molecule has 12 atom stereocenters. The zero-order chi connectivity index (χ0) is 82.8. The zero-order valence-corrected chi connectivity index (χ0v) is 70.4. The quantitative estimate of drug-likeness (QED) is 0.0431. The van der Waals surface area contributed by atoms with Crippen molar-refractivity contribution in [2.24, 2.45) is 17.8 Å². The fraction of sp³-hybridized carbons (Fsp3) is 0.411. The third-order valence-corrected chi connectivity index (χ3v) is 25.1. The maximum absolute atomic E-state index is 13.9. The second-order valence-electron chi connectivity index (χ2n) is 32.0. The fourth-order valence-corrected chi connectivity index (χ4v) is 18.3. The van der Waals surface area contributed by atoms with Crippen molar-refractivity contribution in [3.63, 3.8) is 0 Å². The number of nitrogens with zero attached hydrogens (tertiary/aromatic N) is 12. The van der Waals surface area contributed by atoms with Gasteiger partial charge in [-0.15, -0.1) is 34.0 Å². The van der Waals surface area contributed by atoms with Crippen LogP contribution in [0.15, 0.2) is 179 Å². The van der Waals surface area contributed by atoms with E-state index in [0.717, 1.165) is 76.4 Å². The number of carbonyl (C=O) groups is 6. The molecule has 0 saturated carbocycles. The average Bonchev–Trinajstić information content (AvgIpc) is 1.64. The molecule has 0 spiro atoms. The number of aliphatic hydroxyl groups excluding tert-OH is 3. The SMILES string of the molecule is Cc1cc([C@H](C(=O)N2C[C@H](O)C[C@H]2C(=O)C[C@@H](C)c2ccc(-c3scnc3C)cc2)C(C)C)on1.Cc1ncsc1-c1ccc([C@H](C)CC(=O)[C@@H]2C[C@@H](O)CN2C(=O)[C@H](C(C)C)n2cc(-c3ccccn3)cn2)cc1.Cc1ncsc1-c1ccc([C@H](C)CC(=O)[C@@H]2C[C@@H](O)CN2C(=O)[C@H](C(C)C)n2cc(Oc3ccccc3)cn2)cc1. The Morgan fingerprint density at radius 1 is 0.457 bits per heavy atom. The summed E-state index contributed by atoms with van der Waals surface area (Å²) in [5, 5.41) is 44.3. The number of rotatable bonds is 27. The van der Waals surface area contributed by atoms with E-state index in [0.29, 0.717) is 29.4 Å². The molecule has 3 aliphatic heterocycles. The Morgan fingerprint density at radius 3 is 1.22 bits per heavy atom. The second kappa shape index (κ2) is 38.2. The van der Waals surface area contributed by atoms with Crippen LogP contribution < -0.4 is 4.74 Å². The molecule has 0 aliphatic carbocycles. The van der Waals surface area contributed by atoms with Crippen molar-refractivity contribution in [2.75, 3.05) is 19.6 Å². The molecule has 23 nitrogen and oxygen atoms in total. The van der Waals surface area contributed by atoms with Crippen LogP contribution in [0.25, 0.3) is 42.6 Å². The number of ketones is 3. The van der Waals surface area contributed by atoms with Crippen LogP contribution in [0.5, 0.6) is 11.5 Å². The molecule has 3 saturated heterocycles. The molecule has 608 valence electrons. The summed E-state index contributed by atoms with van der Waals surface area (Å²) in [5.74, 6) is 0.179. The topological polar surface area (TPSA) is 295 Å². The Hall–Kier alpha value is -10.4. The summed E-state index contributed by atoms with van der Waals surface area (Å²) in [4.78, 5) is 107. The highest BCUT2D eigenvalue weighted by molar-refractivity contribution is 7.14. The van der Waals surface area contributed by atoms with Gasteiger partial charge in [0.05, 0.1) is 115 Å². The van der Waals surface area contributed by atoms with Gasteiger partial charge in [0, 0.05) is 82.2 Å². The molecule has 14 rings (SSSR count). The van der Waals surface area contributed by atoms with Crippen molar-refractivity contribution in [3.8, 4) is 54.1 Å². The lowest BCUT2D eigenvalue weighted by molar-refractivity contribution is -0.142. The van der Waals surface area contributed by atoms with E-state index in [1.807, 2.05) is 161 Å². The zero-order valence-electron chi connectivity index (χ0n) is 68.0. The molecule has 11 aromatic rings. The van der Waals surface area contributed by atoms with Gasteiger partial charge in [-0.3, -0.25) is 43.1 Å². The molecule has 3 N–H and O–H groups in total. The van der Waals surface area contributed by atoms with E-state index >= 15 is 0 Å². The van der Waals surface area contributed by atoms with E-state index in [1.54, 1.807) is 88.9 Å². The van der Waals surface area contributed by atoms with Gasteiger partial charge in [-0.1, -0.05) is 165 Å². The number of Topliss-reactive ketones (excluding diaryl/α,β-unsaturated/α-hetero) is 3. The van der Waals surface area contributed by atoms with Crippen LogP contribution in [0, 0.1) is 45.4 Å². The lowest BCUT2D eigenvalue weighted by Gasteiger charge is -2.30. The molecular formula is C90H104N12O11S3. The summed E-state index contributed by atoms with van der Waals surface area (Å²) in [6.07, 6.45) is 7.98. The number of aliphatic hydroxyl groups is 3. The number of β-amino-alcohol motifs (C(OH)–C–C–N with tert-alkyl or cyclic N) is 3. The first-order valence-electron chi connectivity index (χ1n) is 39.8. The Bertz CT molecular complexity index is 5130. The van der Waals surface area contributed by atoms with E-state index in [4.69, 9.17) is 9.26 Å². The summed E-state index contributed by atoms with van der Waals surface area (Å²) in [6, 6.07) is 38.4. The first-order chi connectivity index (χ1) is 55.6. The van der Waals surface area contributed by atoms with Gasteiger partial charge in [-0.25, -0.2) is 15.0 Å². The molecule has 0 unspecified atom stereocenters. The monoisotopic (exact) mass is 1620 g/mol. The van der Waals surface area contributed by atoms with Crippen LogP contribution in [0.3, 0.4) is 0 Å². The van der Waals surface area contributed by atoms with Gasteiger partial charge in [0.2, 0.25) is 17.7 Å². The van der Waals surface area contributed by atoms with Crippen LogP contribution in [-0.2, 0) is 28.8 Å². The van der Waals surface area contributed by atoms with Gasteiger partial charge < -0.3 is 39.3 Å². The highest BCUT2D eigenvalue weighted by atomic mass is 32.1. The van der Waals surface area contributed by atoms with Crippen molar-refractivity contribution in [1.29, 1.82) is 0 Å². The van der Waals surface area contributed by atoms with Crippen LogP contribution in [-0.4, -0.2) is 166 Å². The number of para-hydroxylation sites is 1. The molecular weight excluding hydrogens is 1520 g/mol. The number of carbonyl (C=O) groups excluding carboxylic acids is 6. The maximum atomic E-state index is 13.9. The minimum atomic E-state index is -0.743. The van der Waals surface area contributed by atoms with Crippen LogP contribution in [0.1, 0.15) is 182 Å². The predicted octanol–water partition coefficient (Wildman–Crippen LogP) is 16.2. The number of benzene rings is 4. The van der Waals surface area contributed by atoms with E-state index in [1.165, 1.54) is 0 Å². The van der Waals surface area contributed by atoms with Crippen molar-refractivity contribution in [2.45, 2.75) is 201 Å². The summed E-state index contributed by atoms with van der Waals surface area (Å²) in [7, 11) is 0. The summed E-state index contributed by atoms with van der Waals surface area (Å²) >= 11 is 4.84. The molecule has 7 aromatic heterocycles. The molecule has 3 aliphatic rings. The third kappa shape index (κ3) is 20.2. The molecule has 3 amide bonds. The second-order valence-corrected chi connectivity index (χ2v) is 34.6. The smallest absolute Gasteiger partial charge is 0.248 e. The highest BCUT2D eigenvalue weighted by Gasteiger charge is 2.46. The van der Waals surface area contributed by atoms with Gasteiger partial charge in [-0.2, -0.15) is 10.2 Å². The molecule has 0 radical (unpaired) electrons. The highest BCUT2D eigenvalue weighted by Crippen LogP contribution is 2.39. The summed E-state index contributed by atoms with van der Waals surface area (Å²) in [6.45, 7) is 26.0. The Morgan fingerprint density at radius 2 is 0.853 bits per heavy atom. The van der Waals surface area contributed by atoms with Gasteiger partial charge >= 0.3 is 0 Å². The van der Waals surface area contributed by atoms with Crippen LogP contribution in [0.2, 0.25) is 0 Å². The number of ether oxygens (including phenoxy) is 1. The van der Waals surface area contributed by atoms with E-state index < -0.39 is 54.4 Å². The Kier molecular flexibility index (Phi) is 28.0. The van der Waals surface area contributed by atoms with Gasteiger partial charge in [0.25, 0.3) is 0 Å². The number of pyridine rings is 1. The number of hydrogen-bond donors (Lipinski definition) is 3. The number of likely N-dealkylation sites (tertiary alicyclic amines) is 3. The molecule has 3 fully saturated rings. The van der Waals surface area contributed by atoms with Crippen molar-refractivity contribution in [3.05, 3.63) is 220 Å².